The van der Waals surface area contributed by atoms with Crippen LogP contribution in [0.25, 0.3) is 0 Å². The van der Waals surface area contributed by atoms with Crippen molar-refractivity contribution in [2.24, 2.45) is 5.92 Å². The molecule has 4 rings (SSSR count). The molecule has 1 fully saturated rings. The Morgan fingerprint density at radius 3 is 2.79 bits per heavy atom. The molecule has 0 unspecified atom stereocenters. The zero-order valence-electron chi connectivity index (χ0n) is 16.3. The van der Waals surface area contributed by atoms with E-state index in [1.54, 1.807) is 34.4 Å². The van der Waals surface area contributed by atoms with Gasteiger partial charge in [0.1, 0.15) is 11.9 Å². The predicted octanol–water partition coefficient (Wildman–Crippen LogP) is 4.14. The minimum absolute atomic E-state index is 0.0515. The van der Waals surface area contributed by atoms with E-state index in [0.717, 1.165) is 4.88 Å². The number of rotatable bonds is 3. The Morgan fingerprint density at radius 2 is 2.07 bits per heavy atom. The van der Waals surface area contributed by atoms with Gasteiger partial charge in [0.25, 0.3) is 0 Å². The molecule has 154 valence electrons. The van der Waals surface area contributed by atoms with Gasteiger partial charge in [0.2, 0.25) is 5.91 Å². The van der Waals surface area contributed by atoms with E-state index in [-0.39, 0.29) is 24.0 Å². The Bertz CT molecular complexity index is 881. The highest BCUT2D eigenvalue weighted by Crippen LogP contribution is 2.36. The first-order chi connectivity index (χ1) is 14.0. The molecule has 1 atom stereocenters. The van der Waals surface area contributed by atoms with E-state index < -0.39 is 0 Å². The predicted molar refractivity (Wildman–Crippen MR) is 115 cm³/mol. The molecule has 0 spiro atoms. The number of carbonyl (C=O) groups excluding carboxylic acids is 2. The van der Waals surface area contributed by atoms with Gasteiger partial charge in [-0.15, -0.1) is 11.3 Å². The van der Waals surface area contributed by atoms with E-state index in [9.17, 15) is 9.59 Å². The maximum atomic E-state index is 13.2. The van der Waals surface area contributed by atoms with Crippen LogP contribution in [0.1, 0.15) is 24.6 Å². The van der Waals surface area contributed by atoms with Crippen LogP contribution in [0.15, 0.2) is 35.7 Å². The van der Waals surface area contributed by atoms with Gasteiger partial charge in [-0.05, 0) is 49.4 Å². The number of halogens is 1. The molecule has 0 saturated carbocycles. The zero-order chi connectivity index (χ0) is 20.4. The maximum Gasteiger partial charge on any atom is 0.324 e. The number of hydrogen-bond donors (Lipinski definition) is 1. The minimum atomic E-state index is -0.0896. The normalized spacial score (nSPS) is 19.4. The van der Waals surface area contributed by atoms with E-state index in [0.29, 0.717) is 55.5 Å². The summed E-state index contributed by atoms with van der Waals surface area (Å²) in [4.78, 5) is 30.4. The van der Waals surface area contributed by atoms with E-state index >= 15 is 0 Å². The number of piperidine rings is 1. The van der Waals surface area contributed by atoms with Gasteiger partial charge in [-0.1, -0.05) is 17.7 Å². The molecule has 8 heteroatoms. The van der Waals surface area contributed by atoms with Gasteiger partial charge in [0.05, 0.1) is 18.8 Å². The first-order valence-corrected chi connectivity index (χ1v) is 11.1. The molecule has 0 bridgehead atoms. The lowest BCUT2D eigenvalue weighted by Gasteiger charge is -2.39. The Labute approximate surface area is 179 Å². The molecule has 29 heavy (non-hydrogen) atoms. The van der Waals surface area contributed by atoms with Crippen molar-refractivity contribution in [3.63, 3.8) is 0 Å². The lowest BCUT2D eigenvalue weighted by atomic mass is 9.96. The van der Waals surface area contributed by atoms with Crippen LogP contribution in [-0.4, -0.2) is 42.6 Å². The van der Waals surface area contributed by atoms with Crippen LogP contribution >= 0.6 is 22.9 Å². The van der Waals surface area contributed by atoms with Gasteiger partial charge in [-0.25, -0.2) is 4.79 Å². The fourth-order valence-corrected chi connectivity index (χ4v) is 4.64. The van der Waals surface area contributed by atoms with Gasteiger partial charge in [-0.2, -0.15) is 0 Å². The number of benzene rings is 1. The largest absolute Gasteiger partial charge is 0.487 e. The number of fused-ring (bicyclic) bond motifs is 1. The third-order valence-electron chi connectivity index (χ3n) is 5.36. The summed E-state index contributed by atoms with van der Waals surface area (Å²) in [5.74, 6) is 0.691. The van der Waals surface area contributed by atoms with E-state index in [4.69, 9.17) is 16.3 Å². The molecule has 2 aromatic rings. The molecule has 0 radical (unpaired) electrons. The summed E-state index contributed by atoms with van der Waals surface area (Å²) >= 11 is 7.77. The number of anilines is 1. The maximum absolute atomic E-state index is 13.2. The van der Waals surface area contributed by atoms with Gasteiger partial charge >= 0.3 is 6.03 Å². The summed E-state index contributed by atoms with van der Waals surface area (Å²) in [6.45, 7) is 4.13. The number of carbonyl (C=O) groups is 2. The lowest BCUT2D eigenvalue weighted by Crippen LogP contribution is -2.52. The van der Waals surface area contributed by atoms with Crippen molar-refractivity contribution in [2.45, 2.75) is 32.4 Å². The van der Waals surface area contributed by atoms with Crippen LogP contribution < -0.4 is 15.0 Å². The third-order valence-corrected chi connectivity index (χ3v) is 6.48. The quantitative estimate of drug-likeness (QED) is 0.791. The van der Waals surface area contributed by atoms with Crippen LogP contribution in [0.5, 0.6) is 5.75 Å². The van der Waals surface area contributed by atoms with Crippen molar-refractivity contribution in [2.75, 3.05) is 24.5 Å². The lowest BCUT2D eigenvalue weighted by molar-refractivity contribution is -0.126. The second kappa shape index (κ2) is 8.63. The van der Waals surface area contributed by atoms with Crippen LogP contribution in [0.3, 0.4) is 0 Å². The number of likely N-dealkylation sites (tertiary alicyclic amines) is 1. The molecule has 6 nitrogen and oxygen atoms in total. The number of ether oxygens (including phenoxy) is 1. The summed E-state index contributed by atoms with van der Waals surface area (Å²) in [7, 11) is 0. The minimum Gasteiger partial charge on any atom is -0.487 e. The highest BCUT2D eigenvalue weighted by atomic mass is 35.5. The topological polar surface area (TPSA) is 61.9 Å². The number of hydrogen-bond acceptors (Lipinski definition) is 4. The number of nitrogens with one attached hydrogen (secondary N) is 1. The van der Waals surface area contributed by atoms with Crippen molar-refractivity contribution < 1.29 is 14.3 Å². The highest BCUT2D eigenvalue weighted by molar-refractivity contribution is 7.09. The van der Waals surface area contributed by atoms with Crippen LogP contribution in [0.4, 0.5) is 10.5 Å². The molecule has 2 aliphatic rings. The van der Waals surface area contributed by atoms with Crippen molar-refractivity contribution >= 4 is 40.6 Å². The molecule has 1 N–H and O–H groups in total. The van der Waals surface area contributed by atoms with Crippen LogP contribution in [-0.2, 0) is 11.3 Å². The Kier molecular flexibility index (Phi) is 5.96. The molecule has 3 amide bonds. The van der Waals surface area contributed by atoms with E-state index in [1.807, 2.05) is 29.3 Å². The van der Waals surface area contributed by atoms with Gasteiger partial charge in [-0.3, -0.25) is 9.69 Å². The zero-order valence-corrected chi connectivity index (χ0v) is 17.8. The second-order valence-electron chi connectivity index (χ2n) is 7.49. The number of nitrogens with zero attached hydrogens (tertiary/aromatic N) is 2. The highest BCUT2D eigenvalue weighted by Gasteiger charge is 2.34. The average molecular weight is 434 g/mol. The standard InChI is InChI=1S/C21H24ClN3O3S/c1-14-13-25(18-11-16(22)4-5-19(18)28-14)21(27)24-8-6-15(7-9-24)20(26)23-12-17-3-2-10-29-17/h2-5,10-11,14-15H,6-9,12-13H2,1H3,(H,23,26)/t14-/m0/s1. The molecular formula is C21H24ClN3O3S. The van der Waals surface area contributed by atoms with Crippen molar-refractivity contribution in [1.82, 2.24) is 10.2 Å². The second-order valence-corrected chi connectivity index (χ2v) is 8.96. The molecule has 2 aliphatic heterocycles. The number of urea groups is 1. The van der Waals surface area contributed by atoms with Crippen LogP contribution in [0, 0.1) is 5.92 Å². The fraction of sp³-hybridized carbons (Fsp3) is 0.429. The molecule has 1 saturated heterocycles. The van der Waals surface area contributed by atoms with Gasteiger partial charge in [0, 0.05) is 28.9 Å². The summed E-state index contributed by atoms with van der Waals surface area (Å²) in [5, 5.41) is 5.59. The number of amides is 3. The molecule has 1 aromatic heterocycles. The first-order valence-electron chi connectivity index (χ1n) is 9.84. The third kappa shape index (κ3) is 4.51. The molecule has 3 heterocycles. The van der Waals surface area contributed by atoms with E-state index in [1.165, 1.54) is 0 Å². The first kappa shape index (κ1) is 20.0. The molecular weight excluding hydrogens is 410 g/mol. The molecule has 1 aromatic carbocycles. The Balaban J connectivity index is 1.36. The van der Waals surface area contributed by atoms with Crippen molar-refractivity contribution in [3.8, 4) is 5.75 Å². The molecule has 0 aliphatic carbocycles. The summed E-state index contributed by atoms with van der Waals surface area (Å²) in [6, 6.07) is 9.28. The monoisotopic (exact) mass is 433 g/mol. The smallest absolute Gasteiger partial charge is 0.324 e. The van der Waals surface area contributed by atoms with Crippen molar-refractivity contribution in [1.29, 1.82) is 0 Å². The summed E-state index contributed by atoms with van der Waals surface area (Å²) < 4.78 is 5.84. The summed E-state index contributed by atoms with van der Waals surface area (Å²) in [6.07, 6.45) is 1.25. The Hall–Kier alpha value is -2.25. The fourth-order valence-electron chi connectivity index (χ4n) is 3.83. The van der Waals surface area contributed by atoms with Crippen molar-refractivity contribution in [3.05, 3.63) is 45.6 Å². The Morgan fingerprint density at radius 1 is 1.28 bits per heavy atom. The SMILES string of the molecule is C[C@H]1CN(C(=O)N2CCC(C(=O)NCc3cccs3)CC2)c2cc(Cl)ccc2O1. The van der Waals surface area contributed by atoms with E-state index in [2.05, 4.69) is 5.32 Å². The van der Waals surface area contributed by atoms with Crippen LogP contribution in [0.2, 0.25) is 5.02 Å². The average Bonchev–Trinajstić information content (AvgIpc) is 3.25. The number of thiophene rings is 1. The van der Waals surface area contributed by atoms with Gasteiger partial charge < -0.3 is 15.0 Å². The summed E-state index contributed by atoms with van der Waals surface area (Å²) in [5.41, 5.74) is 0.705. The van der Waals surface area contributed by atoms with Gasteiger partial charge in [0.15, 0.2) is 0 Å².